The first-order chi connectivity index (χ1) is 12.8. The van der Waals surface area contributed by atoms with Gasteiger partial charge in [-0.15, -0.1) is 0 Å². The van der Waals surface area contributed by atoms with E-state index in [0.29, 0.717) is 30.2 Å². The summed E-state index contributed by atoms with van der Waals surface area (Å²) in [5.41, 5.74) is 0.484. The Kier molecular flexibility index (Phi) is 6.90. The van der Waals surface area contributed by atoms with Crippen LogP contribution >= 0.6 is 0 Å². The number of aromatic nitrogens is 1. The van der Waals surface area contributed by atoms with Crippen LogP contribution in [0.1, 0.15) is 31.1 Å². The molecule has 7 nitrogen and oxygen atoms in total. The van der Waals surface area contributed by atoms with Crippen LogP contribution in [-0.2, 0) is 9.47 Å². The lowest BCUT2D eigenvalue weighted by Gasteiger charge is -2.27. The molecule has 0 saturated heterocycles. The van der Waals surface area contributed by atoms with Crippen molar-refractivity contribution in [1.29, 1.82) is 0 Å². The molecular formula is C20H25N3O4. The molecule has 0 aliphatic carbocycles. The Bertz CT molecular complexity index is 755. The summed E-state index contributed by atoms with van der Waals surface area (Å²) in [7, 11) is 1.56. The third kappa shape index (κ3) is 6.38. The van der Waals surface area contributed by atoms with Crippen LogP contribution in [0, 0.1) is 0 Å². The van der Waals surface area contributed by atoms with Crippen molar-refractivity contribution >= 4 is 23.5 Å². The molecule has 1 aromatic heterocycles. The summed E-state index contributed by atoms with van der Waals surface area (Å²) in [6, 6.07) is 12.2. The highest BCUT2D eigenvalue weighted by Gasteiger charge is 2.23. The third-order valence-corrected chi connectivity index (χ3v) is 3.47. The van der Waals surface area contributed by atoms with Crippen molar-refractivity contribution in [3.63, 3.8) is 0 Å². The number of ether oxygens (including phenoxy) is 2. The second kappa shape index (κ2) is 9.14. The Balaban J connectivity index is 2.11. The van der Waals surface area contributed by atoms with Crippen molar-refractivity contribution in [2.45, 2.75) is 26.4 Å². The number of benzene rings is 1. The van der Waals surface area contributed by atoms with Crippen LogP contribution in [0.2, 0.25) is 0 Å². The lowest BCUT2D eigenvalue weighted by atomic mass is 10.2. The van der Waals surface area contributed by atoms with Gasteiger partial charge < -0.3 is 14.8 Å². The van der Waals surface area contributed by atoms with E-state index >= 15 is 0 Å². The van der Waals surface area contributed by atoms with Crippen LogP contribution in [0.15, 0.2) is 48.7 Å². The number of nitrogens with zero attached hydrogens (tertiary/aromatic N) is 2. The van der Waals surface area contributed by atoms with Gasteiger partial charge in [0.15, 0.2) is 0 Å². The zero-order valence-electron chi connectivity index (χ0n) is 16.1. The summed E-state index contributed by atoms with van der Waals surface area (Å²) in [5.74, 6) is 0.141. The summed E-state index contributed by atoms with van der Waals surface area (Å²) in [4.78, 5) is 30.3. The summed E-state index contributed by atoms with van der Waals surface area (Å²) in [6.07, 6.45) is 1.03. The lowest BCUT2D eigenvalue weighted by Crippen LogP contribution is -2.38. The standard InChI is InChI=1S/C20H25N3O4/c1-20(2,3)27-19(25)23(12-13-26-4)16-10-11-17(21-14-16)22-18(24)15-8-6-5-7-9-15/h5-11,14H,12-13H2,1-4H3,(H,21,22,24). The van der Waals surface area contributed by atoms with E-state index in [9.17, 15) is 9.59 Å². The molecule has 0 aliphatic heterocycles. The summed E-state index contributed by atoms with van der Waals surface area (Å²) < 4.78 is 10.5. The fourth-order valence-corrected chi connectivity index (χ4v) is 2.22. The molecule has 2 amide bonds. The van der Waals surface area contributed by atoms with E-state index in [1.54, 1.807) is 64.3 Å². The van der Waals surface area contributed by atoms with Crippen molar-refractivity contribution in [2.75, 3.05) is 30.5 Å². The minimum Gasteiger partial charge on any atom is -0.443 e. The van der Waals surface area contributed by atoms with E-state index in [1.807, 2.05) is 6.07 Å². The highest BCUT2D eigenvalue weighted by atomic mass is 16.6. The van der Waals surface area contributed by atoms with Crippen molar-refractivity contribution in [3.8, 4) is 0 Å². The molecule has 0 aliphatic rings. The molecule has 0 unspecified atom stereocenters. The zero-order valence-corrected chi connectivity index (χ0v) is 16.1. The Morgan fingerprint density at radius 1 is 1.11 bits per heavy atom. The van der Waals surface area contributed by atoms with E-state index in [-0.39, 0.29) is 5.91 Å². The smallest absolute Gasteiger partial charge is 0.414 e. The molecular weight excluding hydrogens is 346 g/mol. The molecule has 144 valence electrons. The summed E-state index contributed by atoms with van der Waals surface area (Å²) in [5, 5.41) is 2.73. The molecule has 1 N–H and O–H groups in total. The van der Waals surface area contributed by atoms with E-state index in [2.05, 4.69) is 10.3 Å². The predicted molar refractivity (Wildman–Crippen MR) is 104 cm³/mol. The van der Waals surface area contributed by atoms with Crippen LogP contribution in [0.5, 0.6) is 0 Å². The maximum absolute atomic E-state index is 12.5. The molecule has 2 rings (SSSR count). The minimum atomic E-state index is -0.612. The van der Waals surface area contributed by atoms with E-state index in [0.717, 1.165) is 0 Å². The first kappa shape index (κ1) is 20.4. The average molecular weight is 371 g/mol. The summed E-state index contributed by atoms with van der Waals surface area (Å²) in [6.45, 7) is 6.09. The molecule has 0 saturated carbocycles. The number of hydrogen-bond acceptors (Lipinski definition) is 5. The van der Waals surface area contributed by atoms with Crippen LogP contribution in [0.4, 0.5) is 16.3 Å². The summed E-state index contributed by atoms with van der Waals surface area (Å²) >= 11 is 0. The van der Waals surface area contributed by atoms with Gasteiger partial charge in [0.25, 0.3) is 5.91 Å². The first-order valence-electron chi connectivity index (χ1n) is 8.62. The number of hydrogen-bond donors (Lipinski definition) is 1. The topological polar surface area (TPSA) is 80.8 Å². The molecule has 0 spiro atoms. The van der Waals surface area contributed by atoms with Crippen LogP contribution < -0.4 is 10.2 Å². The van der Waals surface area contributed by atoms with E-state index < -0.39 is 11.7 Å². The quantitative estimate of drug-likeness (QED) is 0.837. The number of carbonyl (C=O) groups excluding carboxylic acids is 2. The number of amides is 2. The Morgan fingerprint density at radius 3 is 2.37 bits per heavy atom. The highest BCUT2D eigenvalue weighted by Crippen LogP contribution is 2.19. The molecule has 2 aromatic rings. The van der Waals surface area contributed by atoms with Gasteiger partial charge in [0.2, 0.25) is 0 Å². The molecule has 7 heteroatoms. The van der Waals surface area contributed by atoms with Gasteiger partial charge in [-0.05, 0) is 45.0 Å². The number of methoxy groups -OCH3 is 1. The number of pyridine rings is 1. The average Bonchev–Trinajstić information content (AvgIpc) is 2.62. The minimum absolute atomic E-state index is 0.251. The molecule has 0 atom stereocenters. The Morgan fingerprint density at radius 2 is 1.81 bits per heavy atom. The van der Waals surface area contributed by atoms with Gasteiger partial charge in [0, 0.05) is 12.7 Å². The monoisotopic (exact) mass is 371 g/mol. The van der Waals surface area contributed by atoms with Crippen LogP contribution in [0.25, 0.3) is 0 Å². The molecule has 0 radical (unpaired) electrons. The lowest BCUT2D eigenvalue weighted by molar-refractivity contribution is 0.0569. The van der Waals surface area contributed by atoms with Gasteiger partial charge in [0.05, 0.1) is 25.0 Å². The van der Waals surface area contributed by atoms with Gasteiger partial charge >= 0.3 is 6.09 Å². The molecule has 1 heterocycles. The largest absolute Gasteiger partial charge is 0.443 e. The maximum Gasteiger partial charge on any atom is 0.414 e. The fourth-order valence-electron chi connectivity index (χ4n) is 2.22. The van der Waals surface area contributed by atoms with E-state index in [4.69, 9.17) is 9.47 Å². The number of carbonyl (C=O) groups is 2. The van der Waals surface area contributed by atoms with E-state index in [1.165, 1.54) is 11.1 Å². The van der Waals surface area contributed by atoms with Gasteiger partial charge in [0.1, 0.15) is 11.4 Å². The van der Waals surface area contributed by atoms with Crippen LogP contribution in [0.3, 0.4) is 0 Å². The number of anilines is 2. The predicted octanol–water partition coefficient (Wildman–Crippen LogP) is 3.72. The van der Waals surface area contributed by atoms with Crippen molar-refractivity contribution in [2.24, 2.45) is 0 Å². The zero-order chi connectivity index (χ0) is 19.9. The van der Waals surface area contributed by atoms with Crippen LogP contribution in [-0.4, -0.2) is 42.8 Å². The van der Waals surface area contributed by atoms with Gasteiger partial charge in [-0.3, -0.25) is 9.69 Å². The number of nitrogens with one attached hydrogen (secondary N) is 1. The molecule has 1 aromatic carbocycles. The molecule has 0 bridgehead atoms. The second-order valence-electron chi connectivity index (χ2n) is 6.85. The third-order valence-electron chi connectivity index (χ3n) is 3.47. The van der Waals surface area contributed by atoms with Crippen molar-refractivity contribution in [1.82, 2.24) is 4.98 Å². The second-order valence-corrected chi connectivity index (χ2v) is 6.85. The molecule has 27 heavy (non-hydrogen) atoms. The Hall–Kier alpha value is -2.93. The SMILES string of the molecule is COCCN(C(=O)OC(C)(C)C)c1ccc(NC(=O)c2ccccc2)nc1. The first-order valence-corrected chi connectivity index (χ1v) is 8.62. The molecule has 0 fully saturated rings. The number of rotatable bonds is 6. The van der Waals surface area contributed by atoms with Gasteiger partial charge in [-0.1, -0.05) is 18.2 Å². The maximum atomic E-state index is 12.5. The fraction of sp³-hybridized carbons (Fsp3) is 0.350. The normalized spacial score (nSPS) is 11.0. The highest BCUT2D eigenvalue weighted by molar-refractivity contribution is 6.03. The van der Waals surface area contributed by atoms with Gasteiger partial charge in [-0.2, -0.15) is 0 Å². The van der Waals surface area contributed by atoms with Crippen molar-refractivity contribution in [3.05, 3.63) is 54.2 Å². The van der Waals surface area contributed by atoms with Crippen molar-refractivity contribution < 1.29 is 19.1 Å². The Labute approximate surface area is 159 Å². The van der Waals surface area contributed by atoms with Gasteiger partial charge in [-0.25, -0.2) is 9.78 Å².